The first kappa shape index (κ1) is 28.4. The van der Waals surface area contributed by atoms with Gasteiger partial charge in [0.15, 0.2) is 0 Å². The number of ether oxygens (including phenoxy) is 3. The summed E-state index contributed by atoms with van der Waals surface area (Å²) in [5.74, 6) is 0.562. The van der Waals surface area contributed by atoms with E-state index in [-0.39, 0.29) is 19.2 Å². The van der Waals surface area contributed by atoms with Crippen LogP contribution in [0.2, 0.25) is 0 Å². The number of aliphatic hydroxyl groups is 1. The highest BCUT2D eigenvalue weighted by atomic mass is 16.5. The van der Waals surface area contributed by atoms with Crippen molar-refractivity contribution in [2.75, 3.05) is 20.3 Å². The van der Waals surface area contributed by atoms with Crippen LogP contribution in [0.4, 0.5) is 0 Å². The summed E-state index contributed by atoms with van der Waals surface area (Å²) in [7, 11) is 1.63. The third-order valence-electron chi connectivity index (χ3n) is 5.66. The fourth-order valence-corrected chi connectivity index (χ4v) is 3.63. The number of benzene rings is 1. The lowest BCUT2D eigenvalue weighted by Crippen LogP contribution is -2.23. The zero-order chi connectivity index (χ0) is 23.3. The molecule has 0 unspecified atom stereocenters. The van der Waals surface area contributed by atoms with Crippen LogP contribution in [0.3, 0.4) is 0 Å². The second-order valence-corrected chi connectivity index (χ2v) is 8.69. The number of unbranched alkanes of at least 4 members (excludes halogenated alkanes) is 12. The van der Waals surface area contributed by atoms with E-state index in [1.54, 1.807) is 7.11 Å². The average molecular weight is 451 g/mol. The van der Waals surface area contributed by atoms with Gasteiger partial charge in [0.2, 0.25) is 0 Å². The predicted octanol–water partition coefficient (Wildman–Crippen LogP) is 6.60. The minimum atomic E-state index is -0.802. The topological polar surface area (TPSA) is 65.0 Å². The van der Waals surface area contributed by atoms with Gasteiger partial charge in [0.1, 0.15) is 18.5 Å². The molecule has 1 rings (SSSR count). The molecule has 0 saturated heterocycles. The Kier molecular flexibility index (Phi) is 17.8. The van der Waals surface area contributed by atoms with Crippen LogP contribution in [0.5, 0.6) is 5.75 Å². The van der Waals surface area contributed by atoms with Gasteiger partial charge in [-0.15, -0.1) is 0 Å². The summed E-state index contributed by atoms with van der Waals surface area (Å²) in [4.78, 5) is 11.8. The molecule has 1 aromatic carbocycles. The second kappa shape index (κ2) is 20.0. The number of rotatable bonds is 21. The van der Waals surface area contributed by atoms with E-state index in [2.05, 4.69) is 6.92 Å². The molecule has 0 aliphatic heterocycles. The van der Waals surface area contributed by atoms with Crippen molar-refractivity contribution in [2.24, 2.45) is 0 Å². The smallest absolute Gasteiger partial charge is 0.305 e. The Morgan fingerprint density at radius 2 is 1.34 bits per heavy atom. The molecule has 0 amide bonds. The lowest BCUT2D eigenvalue weighted by atomic mass is 10.0. The summed E-state index contributed by atoms with van der Waals surface area (Å²) in [5.41, 5.74) is 0.998. The molecule has 5 nitrogen and oxygen atoms in total. The highest BCUT2D eigenvalue weighted by molar-refractivity contribution is 5.69. The standard InChI is InChI=1S/C27H46O5/c1-3-4-5-6-7-8-9-10-11-12-13-14-15-16-27(29)32-23-25(28)22-31-21-24-17-19-26(30-2)20-18-24/h17-20,25,28H,3-16,21-23H2,1-2H3/t25-/m0/s1. The van der Waals surface area contributed by atoms with Gasteiger partial charge in [-0.1, -0.05) is 96.1 Å². The first-order valence-electron chi connectivity index (χ1n) is 12.7. The van der Waals surface area contributed by atoms with Crippen LogP contribution in [0.15, 0.2) is 24.3 Å². The lowest BCUT2D eigenvalue weighted by Gasteiger charge is -2.12. The normalized spacial score (nSPS) is 12.0. The zero-order valence-electron chi connectivity index (χ0n) is 20.5. The fourth-order valence-electron chi connectivity index (χ4n) is 3.63. The van der Waals surface area contributed by atoms with Crippen molar-refractivity contribution in [3.05, 3.63) is 29.8 Å². The van der Waals surface area contributed by atoms with E-state index >= 15 is 0 Å². The van der Waals surface area contributed by atoms with Crippen LogP contribution in [-0.2, 0) is 20.9 Å². The number of carbonyl (C=O) groups is 1. The summed E-state index contributed by atoms with van der Waals surface area (Å²) >= 11 is 0. The van der Waals surface area contributed by atoms with Crippen molar-refractivity contribution in [2.45, 2.75) is 110 Å². The number of hydrogen-bond donors (Lipinski definition) is 1. The number of hydrogen-bond acceptors (Lipinski definition) is 5. The summed E-state index contributed by atoms with van der Waals surface area (Å²) in [6.45, 7) is 2.78. The number of aliphatic hydroxyl groups excluding tert-OH is 1. The van der Waals surface area contributed by atoms with E-state index < -0.39 is 6.10 Å². The molecule has 32 heavy (non-hydrogen) atoms. The number of carbonyl (C=O) groups excluding carboxylic acids is 1. The third kappa shape index (κ3) is 16.1. The van der Waals surface area contributed by atoms with E-state index in [1.165, 1.54) is 70.6 Å². The molecule has 0 heterocycles. The van der Waals surface area contributed by atoms with E-state index in [9.17, 15) is 9.90 Å². The van der Waals surface area contributed by atoms with Crippen LogP contribution in [-0.4, -0.2) is 37.5 Å². The van der Waals surface area contributed by atoms with Gasteiger partial charge in [-0.25, -0.2) is 0 Å². The van der Waals surface area contributed by atoms with Crippen molar-refractivity contribution in [3.63, 3.8) is 0 Å². The van der Waals surface area contributed by atoms with Crippen LogP contribution >= 0.6 is 0 Å². The highest BCUT2D eigenvalue weighted by Crippen LogP contribution is 2.14. The van der Waals surface area contributed by atoms with Gasteiger partial charge in [0.05, 0.1) is 20.3 Å². The highest BCUT2D eigenvalue weighted by Gasteiger charge is 2.09. The van der Waals surface area contributed by atoms with E-state index in [1.807, 2.05) is 24.3 Å². The van der Waals surface area contributed by atoms with Gasteiger partial charge in [-0.3, -0.25) is 4.79 Å². The van der Waals surface area contributed by atoms with E-state index in [4.69, 9.17) is 14.2 Å². The van der Waals surface area contributed by atoms with Gasteiger partial charge in [-0.2, -0.15) is 0 Å². The quantitative estimate of drug-likeness (QED) is 0.169. The van der Waals surface area contributed by atoms with Gasteiger partial charge in [0, 0.05) is 6.42 Å². The van der Waals surface area contributed by atoms with Crippen LogP contribution in [0.1, 0.15) is 102 Å². The molecule has 1 N–H and O–H groups in total. The minimum absolute atomic E-state index is 0.0140. The van der Waals surface area contributed by atoms with Crippen molar-refractivity contribution in [1.82, 2.24) is 0 Å². The summed E-state index contributed by atoms with van der Waals surface area (Å²) in [6, 6.07) is 7.57. The summed E-state index contributed by atoms with van der Waals surface area (Å²) in [5, 5.41) is 9.92. The van der Waals surface area contributed by atoms with Crippen molar-refractivity contribution >= 4 is 5.97 Å². The van der Waals surface area contributed by atoms with Crippen LogP contribution in [0, 0.1) is 0 Å². The Morgan fingerprint density at radius 3 is 1.88 bits per heavy atom. The molecule has 1 aromatic rings. The second-order valence-electron chi connectivity index (χ2n) is 8.69. The SMILES string of the molecule is CCCCCCCCCCCCCCCC(=O)OC[C@@H](O)COCc1ccc(OC)cc1. The molecule has 0 aliphatic carbocycles. The monoisotopic (exact) mass is 450 g/mol. The van der Waals surface area contributed by atoms with Crippen LogP contribution < -0.4 is 4.74 Å². The van der Waals surface area contributed by atoms with Crippen molar-refractivity contribution < 1.29 is 24.1 Å². The molecule has 0 spiro atoms. The maximum absolute atomic E-state index is 11.8. The molecule has 5 heteroatoms. The maximum atomic E-state index is 11.8. The Bertz CT molecular complexity index is 558. The zero-order valence-corrected chi connectivity index (χ0v) is 20.5. The van der Waals surface area contributed by atoms with Crippen molar-refractivity contribution in [3.8, 4) is 5.75 Å². The Hall–Kier alpha value is -1.59. The minimum Gasteiger partial charge on any atom is -0.497 e. The van der Waals surface area contributed by atoms with E-state index in [0.717, 1.165) is 24.2 Å². The van der Waals surface area contributed by atoms with Gasteiger partial charge >= 0.3 is 5.97 Å². The fraction of sp³-hybridized carbons (Fsp3) is 0.741. The Morgan fingerprint density at radius 1 is 0.812 bits per heavy atom. The Balaban J connectivity index is 1.88. The molecule has 0 radical (unpaired) electrons. The molecule has 0 fully saturated rings. The molecule has 0 bridgehead atoms. The third-order valence-corrected chi connectivity index (χ3v) is 5.66. The largest absolute Gasteiger partial charge is 0.497 e. The average Bonchev–Trinajstić information content (AvgIpc) is 2.81. The molecule has 1 atom stereocenters. The first-order valence-corrected chi connectivity index (χ1v) is 12.7. The molecule has 184 valence electrons. The van der Waals surface area contributed by atoms with E-state index in [0.29, 0.717) is 13.0 Å². The number of esters is 1. The summed E-state index contributed by atoms with van der Waals surface area (Å²) in [6.07, 6.45) is 16.3. The van der Waals surface area contributed by atoms with Crippen molar-refractivity contribution in [1.29, 1.82) is 0 Å². The molecule has 0 aromatic heterocycles. The molecule has 0 saturated carbocycles. The Labute approximate surface area is 195 Å². The molecular formula is C27H46O5. The lowest BCUT2D eigenvalue weighted by molar-refractivity contribution is -0.148. The van der Waals surface area contributed by atoms with Gasteiger partial charge < -0.3 is 19.3 Å². The number of methoxy groups -OCH3 is 1. The maximum Gasteiger partial charge on any atom is 0.305 e. The molecular weight excluding hydrogens is 404 g/mol. The molecule has 0 aliphatic rings. The van der Waals surface area contributed by atoms with Gasteiger partial charge in [0.25, 0.3) is 0 Å². The predicted molar refractivity (Wildman–Crippen MR) is 130 cm³/mol. The first-order chi connectivity index (χ1) is 15.7. The van der Waals surface area contributed by atoms with Gasteiger partial charge in [-0.05, 0) is 24.1 Å². The van der Waals surface area contributed by atoms with Crippen LogP contribution in [0.25, 0.3) is 0 Å². The summed E-state index contributed by atoms with van der Waals surface area (Å²) < 4.78 is 15.8.